The molecule has 2 aromatic carbocycles. The van der Waals surface area contributed by atoms with Crippen molar-refractivity contribution >= 4 is 11.9 Å². The van der Waals surface area contributed by atoms with E-state index >= 15 is 0 Å². The maximum atomic E-state index is 11.9. The van der Waals surface area contributed by atoms with Gasteiger partial charge in [-0.25, -0.2) is 9.97 Å². The molecule has 0 aliphatic carbocycles. The van der Waals surface area contributed by atoms with Crippen molar-refractivity contribution in [2.75, 3.05) is 5.32 Å². The lowest BCUT2D eigenvalue weighted by atomic mass is 10.0. The molecule has 108 valence electrons. The van der Waals surface area contributed by atoms with E-state index in [0.29, 0.717) is 12.4 Å². The van der Waals surface area contributed by atoms with Crippen molar-refractivity contribution < 1.29 is 4.79 Å². The number of aromatic nitrogens is 2. The Morgan fingerprint density at radius 2 is 1.45 bits per heavy atom. The number of amides is 1. The molecular formula is C18H15N3O. The summed E-state index contributed by atoms with van der Waals surface area (Å²) in [6, 6.07) is 19.8. The average molecular weight is 289 g/mol. The number of carbonyl (C=O) groups excluding carboxylic acids is 1. The molecule has 0 fully saturated rings. The van der Waals surface area contributed by atoms with Crippen molar-refractivity contribution in [2.45, 2.75) is 6.42 Å². The first-order valence-corrected chi connectivity index (χ1v) is 7.02. The second kappa shape index (κ2) is 6.63. The predicted molar refractivity (Wildman–Crippen MR) is 86.2 cm³/mol. The second-order valence-corrected chi connectivity index (χ2v) is 4.86. The Morgan fingerprint density at radius 1 is 0.818 bits per heavy atom. The molecule has 4 nitrogen and oxygen atoms in total. The van der Waals surface area contributed by atoms with Crippen LogP contribution in [0.3, 0.4) is 0 Å². The third-order valence-corrected chi connectivity index (χ3v) is 3.24. The van der Waals surface area contributed by atoms with Crippen LogP contribution in [0.15, 0.2) is 73.1 Å². The van der Waals surface area contributed by atoms with Crippen LogP contribution in [0.2, 0.25) is 0 Å². The van der Waals surface area contributed by atoms with Crippen LogP contribution in [0, 0.1) is 0 Å². The molecule has 1 heterocycles. The summed E-state index contributed by atoms with van der Waals surface area (Å²) in [6.45, 7) is 0. The van der Waals surface area contributed by atoms with Crippen LogP contribution in [0.4, 0.5) is 5.95 Å². The van der Waals surface area contributed by atoms with Crippen LogP contribution >= 0.6 is 0 Å². The van der Waals surface area contributed by atoms with Gasteiger partial charge in [-0.3, -0.25) is 10.1 Å². The van der Waals surface area contributed by atoms with Crippen molar-refractivity contribution in [1.82, 2.24) is 9.97 Å². The second-order valence-electron chi connectivity index (χ2n) is 4.86. The van der Waals surface area contributed by atoms with E-state index in [4.69, 9.17) is 0 Å². The molecule has 0 bridgehead atoms. The van der Waals surface area contributed by atoms with Crippen LogP contribution in [0.5, 0.6) is 0 Å². The van der Waals surface area contributed by atoms with Crippen LogP contribution in [0.1, 0.15) is 5.56 Å². The number of anilines is 1. The maximum absolute atomic E-state index is 11.9. The minimum atomic E-state index is -0.126. The Labute approximate surface area is 128 Å². The summed E-state index contributed by atoms with van der Waals surface area (Å²) < 4.78 is 0. The third-order valence-electron chi connectivity index (χ3n) is 3.24. The van der Waals surface area contributed by atoms with Gasteiger partial charge in [0, 0.05) is 12.4 Å². The fourth-order valence-corrected chi connectivity index (χ4v) is 2.16. The van der Waals surface area contributed by atoms with Gasteiger partial charge in [-0.15, -0.1) is 0 Å². The first kappa shape index (κ1) is 13.9. The Kier molecular flexibility index (Phi) is 4.20. The van der Waals surface area contributed by atoms with Crippen LogP contribution in [-0.2, 0) is 11.2 Å². The van der Waals surface area contributed by atoms with Crippen molar-refractivity contribution in [3.05, 3.63) is 78.6 Å². The first-order chi connectivity index (χ1) is 10.8. The highest BCUT2D eigenvalue weighted by Gasteiger charge is 2.06. The fraction of sp³-hybridized carbons (Fsp3) is 0.0556. The largest absolute Gasteiger partial charge is 0.294 e. The highest BCUT2D eigenvalue weighted by Crippen LogP contribution is 2.19. The molecule has 0 spiro atoms. The smallest absolute Gasteiger partial charge is 0.231 e. The monoisotopic (exact) mass is 289 g/mol. The van der Waals surface area contributed by atoms with Crippen LogP contribution in [-0.4, -0.2) is 15.9 Å². The van der Waals surface area contributed by atoms with E-state index in [2.05, 4.69) is 27.4 Å². The number of rotatable bonds is 4. The van der Waals surface area contributed by atoms with E-state index in [9.17, 15) is 4.79 Å². The minimum Gasteiger partial charge on any atom is -0.294 e. The molecule has 22 heavy (non-hydrogen) atoms. The number of hydrogen-bond acceptors (Lipinski definition) is 3. The Balaban J connectivity index is 1.65. The Hall–Kier alpha value is -3.01. The molecule has 1 aromatic heterocycles. The van der Waals surface area contributed by atoms with Crippen molar-refractivity contribution in [2.24, 2.45) is 0 Å². The van der Waals surface area contributed by atoms with Gasteiger partial charge >= 0.3 is 0 Å². The molecule has 3 rings (SSSR count). The van der Waals surface area contributed by atoms with Crippen molar-refractivity contribution in [3.8, 4) is 11.1 Å². The zero-order valence-corrected chi connectivity index (χ0v) is 11.9. The molecule has 3 aromatic rings. The summed E-state index contributed by atoms with van der Waals surface area (Å²) in [7, 11) is 0. The summed E-state index contributed by atoms with van der Waals surface area (Å²) in [4.78, 5) is 19.9. The third kappa shape index (κ3) is 3.55. The molecule has 0 atom stereocenters. The first-order valence-electron chi connectivity index (χ1n) is 7.02. The number of benzene rings is 2. The van der Waals surface area contributed by atoms with Crippen molar-refractivity contribution in [3.63, 3.8) is 0 Å². The topological polar surface area (TPSA) is 54.9 Å². The van der Waals surface area contributed by atoms with Gasteiger partial charge in [0.15, 0.2) is 0 Å². The Morgan fingerprint density at radius 3 is 2.14 bits per heavy atom. The normalized spacial score (nSPS) is 10.2. The average Bonchev–Trinajstić information content (AvgIpc) is 2.57. The van der Waals surface area contributed by atoms with E-state index in [1.54, 1.807) is 18.5 Å². The summed E-state index contributed by atoms with van der Waals surface area (Å²) >= 11 is 0. The quantitative estimate of drug-likeness (QED) is 0.801. The van der Waals surface area contributed by atoms with E-state index < -0.39 is 0 Å². The van der Waals surface area contributed by atoms with Gasteiger partial charge in [0.25, 0.3) is 0 Å². The maximum Gasteiger partial charge on any atom is 0.231 e. The SMILES string of the molecule is O=C(Cc1ccc(-c2ccccc2)cc1)Nc1ncccn1. The Bertz CT molecular complexity index is 740. The molecule has 0 saturated carbocycles. The van der Waals surface area contributed by atoms with Gasteiger partial charge in [0.2, 0.25) is 11.9 Å². The number of nitrogens with one attached hydrogen (secondary N) is 1. The zero-order valence-electron chi connectivity index (χ0n) is 11.9. The lowest BCUT2D eigenvalue weighted by Gasteiger charge is -2.05. The molecule has 0 saturated heterocycles. The summed E-state index contributed by atoms with van der Waals surface area (Å²) in [5.41, 5.74) is 3.25. The standard InChI is InChI=1S/C18H15N3O/c22-17(21-18-19-11-4-12-20-18)13-14-7-9-16(10-8-14)15-5-2-1-3-6-15/h1-12H,13H2,(H,19,20,21,22). The van der Waals surface area contributed by atoms with Gasteiger partial charge in [0.05, 0.1) is 6.42 Å². The highest BCUT2D eigenvalue weighted by molar-refractivity contribution is 5.90. The number of hydrogen-bond donors (Lipinski definition) is 1. The number of carbonyl (C=O) groups is 1. The zero-order chi connectivity index (χ0) is 15.2. The van der Waals surface area contributed by atoms with E-state index in [0.717, 1.165) is 16.7 Å². The van der Waals surface area contributed by atoms with Gasteiger partial charge in [-0.05, 0) is 22.8 Å². The fourth-order valence-electron chi connectivity index (χ4n) is 2.16. The van der Waals surface area contributed by atoms with E-state index in [1.807, 2.05) is 42.5 Å². The molecule has 1 N–H and O–H groups in total. The molecule has 0 radical (unpaired) electrons. The van der Waals surface area contributed by atoms with E-state index in [1.165, 1.54) is 0 Å². The van der Waals surface area contributed by atoms with E-state index in [-0.39, 0.29) is 5.91 Å². The lowest BCUT2D eigenvalue weighted by molar-refractivity contribution is -0.115. The molecule has 4 heteroatoms. The lowest BCUT2D eigenvalue weighted by Crippen LogP contribution is -2.16. The summed E-state index contributed by atoms with van der Waals surface area (Å²) in [6.07, 6.45) is 3.49. The van der Waals surface area contributed by atoms with Gasteiger partial charge < -0.3 is 0 Å². The van der Waals surface area contributed by atoms with Gasteiger partial charge in [-0.1, -0.05) is 54.6 Å². The summed E-state index contributed by atoms with van der Waals surface area (Å²) in [5.74, 6) is 0.201. The predicted octanol–water partition coefficient (Wildman–Crippen LogP) is 3.32. The van der Waals surface area contributed by atoms with Crippen LogP contribution in [0.25, 0.3) is 11.1 Å². The highest BCUT2D eigenvalue weighted by atomic mass is 16.1. The van der Waals surface area contributed by atoms with Gasteiger partial charge in [0.1, 0.15) is 0 Å². The molecular weight excluding hydrogens is 274 g/mol. The minimum absolute atomic E-state index is 0.126. The number of nitrogens with zero attached hydrogens (tertiary/aromatic N) is 2. The van der Waals surface area contributed by atoms with Crippen LogP contribution < -0.4 is 5.32 Å². The summed E-state index contributed by atoms with van der Waals surface area (Å²) in [5, 5.41) is 2.68. The molecule has 1 amide bonds. The van der Waals surface area contributed by atoms with Crippen molar-refractivity contribution in [1.29, 1.82) is 0 Å². The molecule has 0 unspecified atom stereocenters. The molecule has 0 aliphatic heterocycles. The molecule has 0 aliphatic rings. The van der Waals surface area contributed by atoms with Gasteiger partial charge in [-0.2, -0.15) is 0 Å².